The van der Waals surface area contributed by atoms with Gasteiger partial charge in [0.15, 0.2) is 5.17 Å². The number of carbonyl (C=O) groups is 1. The molecule has 0 saturated carbocycles. The van der Waals surface area contributed by atoms with E-state index in [1.807, 2.05) is 48.7 Å². The number of thiophene rings is 1. The maximum atomic E-state index is 12.1. The minimum Gasteiger partial charge on any atom is -0.399 e. The van der Waals surface area contributed by atoms with E-state index in [0.717, 1.165) is 16.2 Å². The minimum absolute atomic E-state index is 0.0505. The van der Waals surface area contributed by atoms with Crippen molar-refractivity contribution in [3.05, 3.63) is 52.2 Å². The van der Waals surface area contributed by atoms with Crippen molar-refractivity contribution >= 4 is 45.6 Å². The Morgan fingerprint density at radius 3 is 2.78 bits per heavy atom. The standard InChI is InChI=1S/C16H16N4OS2/c1-11(14-3-2-8-22-14)18-19-16-20(15(21)10-23-16)9-12-4-6-13(17)7-5-12/h2-8H,9-10,17H2,1H3/b18-11-,19-16-. The predicted octanol–water partition coefficient (Wildman–Crippen LogP) is 3.19. The van der Waals surface area contributed by atoms with E-state index in [4.69, 9.17) is 5.73 Å². The van der Waals surface area contributed by atoms with Crippen LogP contribution in [0.3, 0.4) is 0 Å². The van der Waals surface area contributed by atoms with Crippen molar-refractivity contribution in [2.24, 2.45) is 10.2 Å². The van der Waals surface area contributed by atoms with Crippen molar-refractivity contribution in [2.45, 2.75) is 13.5 Å². The number of benzene rings is 1. The molecule has 1 aromatic heterocycles. The van der Waals surface area contributed by atoms with Crippen molar-refractivity contribution in [1.82, 2.24) is 4.90 Å². The lowest BCUT2D eigenvalue weighted by Gasteiger charge is -2.15. The van der Waals surface area contributed by atoms with E-state index in [1.165, 1.54) is 11.8 Å². The molecule has 1 saturated heterocycles. The Bertz CT molecular complexity index is 751. The molecule has 1 aromatic carbocycles. The lowest BCUT2D eigenvalue weighted by molar-refractivity contribution is -0.124. The number of hydrogen-bond donors (Lipinski definition) is 1. The SMILES string of the molecule is C/C(=N/N=C1\SCC(=O)N1Cc1ccc(N)cc1)c1cccs1. The summed E-state index contributed by atoms with van der Waals surface area (Å²) in [4.78, 5) is 14.8. The highest BCUT2D eigenvalue weighted by molar-refractivity contribution is 8.15. The first-order valence-electron chi connectivity index (χ1n) is 7.07. The number of anilines is 1. The van der Waals surface area contributed by atoms with E-state index in [1.54, 1.807) is 16.2 Å². The Morgan fingerprint density at radius 2 is 2.09 bits per heavy atom. The third-order valence-electron chi connectivity index (χ3n) is 3.34. The predicted molar refractivity (Wildman–Crippen MR) is 97.8 cm³/mol. The Labute approximate surface area is 142 Å². The normalized spacial score (nSPS) is 17.3. The molecule has 0 unspecified atom stereocenters. The summed E-state index contributed by atoms with van der Waals surface area (Å²) >= 11 is 3.04. The fourth-order valence-corrected chi connectivity index (χ4v) is 3.59. The smallest absolute Gasteiger partial charge is 0.239 e. The third-order valence-corrected chi connectivity index (χ3v) is 5.27. The van der Waals surface area contributed by atoms with Crippen molar-refractivity contribution in [2.75, 3.05) is 11.5 Å². The van der Waals surface area contributed by atoms with Gasteiger partial charge in [-0.1, -0.05) is 30.0 Å². The van der Waals surface area contributed by atoms with E-state index >= 15 is 0 Å². The maximum absolute atomic E-state index is 12.1. The van der Waals surface area contributed by atoms with Crippen molar-refractivity contribution < 1.29 is 4.79 Å². The van der Waals surface area contributed by atoms with Crippen LogP contribution in [0.4, 0.5) is 5.69 Å². The lowest BCUT2D eigenvalue weighted by atomic mass is 10.2. The zero-order valence-electron chi connectivity index (χ0n) is 12.6. The number of rotatable bonds is 4. The number of nitrogen functional groups attached to an aromatic ring is 1. The molecule has 2 aromatic rings. The summed E-state index contributed by atoms with van der Waals surface area (Å²) in [6, 6.07) is 11.5. The van der Waals surface area contributed by atoms with E-state index < -0.39 is 0 Å². The molecule has 1 amide bonds. The molecule has 1 aliphatic heterocycles. The summed E-state index contributed by atoms with van der Waals surface area (Å²) in [5, 5.41) is 11.2. The largest absolute Gasteiger partial charge is 0.399 e. The number of nitrogens with two attached hydrogens (primary N) is 1. The second-order valence-electron chi connectivity index (χ2n) is 5.06. The zero-order valence-corrected chi connectivity index (χ0v) is 14.2. The topological polar surface area (TPSA) is 71.0 Å². The molecule has 3 rings (SSSR count). The van der Waals surface area contributed by atoms with Gasteiger partial charge in [-0.05, 0) is 36.1 Å². The van der Waals surface area contributed by atoms with Crippen molar-refractivity contribution in [3.8, 4) is 0 Å². The van der Waals surface area contributed by atoms with Gasteiger partial charge in [0.25, 0.3) is 0 Å². The summed E-state index contributed by atoms with van der Waals surface area (Å²) in [6.45, 7) is 2.40. The van der Waals surface area contributed by atoms with Crippen molar-refractivity contribution in [3.63, 3.8) is 0 Å². The van der Waals surface area contributed by atoms with Gasteiger partial charge in [-0.3, -0.25) is 9.69 Å². The number of nitrogens with zero attached hydrogens (tertiary/aromatic N) is 3. The van der Waals surface area contributed by atoms with Gasteiger partial charge in [0, 0.05) is 5.69 Å². The molecule has 0 aliphatic carbocycles. The molecule has 0 atom stereocenters. The highest BCUT2D eigenvalue weighted by Gasteiger charge is 2.28. The summed E-state index contributed by atoms with van der Waals surface area (Å²) < 4.78 is 0. The first kappa shape index (κ1) is 15.8. The number of amidine groups is 1. The first-order chi connectivity index (χ1) is 11.1. The van der Waals surface area contributed by atoms with Gasteiger partial charge in [-0.25, -0.2) is 0 Å². The van der Waals surface area contributed by atoms with Gasteiger partial charge in [0.05, 0.1) is 22.9 Å². The Hall–Kier alpha value is -2.12. The summed E-state index contributed by atoms with van der Waals surface area (Å²) in [5.74, 6) is 0.455. The van der Waals surface area contributed by atoms with E-state index in [2.05, 4.69) is 10.2 Å². The molecule has 5 nitrogen and oxygen atoms in total. The number of amides is 1. The Kier molecular flexibility index (Phi) is 4.78. The molecule has 1 fully saturated rings. The Balaban J connectivity index is 1.78. The first-order valence-corrected chi connectivity index (χ1v) is 8.94. The molecule has 23 heavy (non-hydrogen) atoms. The molecule has 0 spiro atoms. The fourth-order valence-electron chi connectivity index (χ4n) is 2.08. The van der Waals surface area contributed by atoms with E-state index in [9.17, 15) is 4.79 Å². The van der Waals surface area contributed by atoms with E-state index in [0.29, 0.717) is 23.2 Å². The zero-order chi connectivity index (χ0) is 16.2. The second kappa shape index (κ2) is 6.97. The fraction of sp³-hybridized carbons (Fsp3) is 0.188. The third kappa shape index (κ3) is 3.80. The van der Waals surface area contributed by atoms with Crippen LogP contribution in [0.2, 0.25) is 0 Å². The van der Waals surface area contributed by atoms with Crippen LogP contribution in [0.15, 0.2) is 52.0 Å². The van der Waals surface area contributed by atoms with Gasteiger partial charge in [0.2, 0.25) is 5.91 Å². The molecular formula is C16H16N4OS2. The highest BCUT2D eigenvalue weighted by Crippen LogP contribution is 2.22. The average molecular weight is 344 g/mol. The average Bonchev–Trinajstić information content (AvgIpc) is 3.19. The lowest BCUT2D eigenvalue weighted by Crippen LogP contribution is -2.28. The molecule has 1 aliphatic rings. The molecule has 2 N–H and O–H groups in total. The van der Waals surface area contributed by atoms with Crippen LogP contribution < -0.4 is 5.73 Å². The molecule has 118 valence electrons. The maximum Gasteiger partial charge on any atom is 0.239 e. The minimum atomic E-state index is 0.0505. The van der Waals surface area contributed by atoms with Crippen LogP contribution in [0.25, 0.3) is 0 Å². The van der Waals surface area contributed by atoms with Gasteiger partial charge in [-0.2, -0.15) is 5.10 Å². The molecular weight excluding hydrogens is 328 g/mol. The summed E-state index contributed by atoms with van der Waals surface area (Å²) in [5.41, 5.74) is 8.26. The van der Waals surface area contributed by atoms with Crippen LogP contribution in [-0.4, -0.2) is 27.4 Å². The Morgan fingerprint density at radius 1 is 1.30 bits per heavy atom. The number of hydrogen-bond acceptors (Lipinski definition) is 6. The van der Waals surface area contributed by atoms with Crippen LogP contribution in [0, 0.1) is 0 Å². The molecule has 0 radical (unpaired) electrons. The van der Waals surface area contributed by atoms with Crippen LogP contribution in [0.1, 0.15) is 17.4 Å². The van der Waals surface area contributed by atoms with E-state index in [-0.39, 0.29) is 5.91 Å². The van der Waals surface area contributed by atoms with Gasteiger partial charge < -0.3 is 5.73 Å². The second-order valence-corrected chi connectivity index (χ2v) is 6.95. The van der Waals surface area contributed by atoms with Gasteiger partial charge >= 0.3 is 0 Å². The monoisotopic (exact) mass is 344 g/mol. The van der Waals surface area contributed by atoms with Gasteiger partial charge in [-0.15, -0.1) is 16.4 Å². The highest BCUT2D eigenvalue weighted by atomic mass is 32.2. The number of carbonyl (C=O) groups excluding carboxylic acids is 1. The van der Waals surface area contributed by atoms with Crippen LogP contribution in [-0.2, 0) is 11.3 Å². The van der Waals surface area contributed by atoms with Crippen molar-refractivity contribution in [1.29, 1.82) is 0 Å². The van der Waals surface area contributed by atoms with Crippen LogP contribution >= 0.6 is 23.1 Å². The van der Waals surface area contributed by atoms with Crippen LogP contribution in [0.5, 0.6) is 0 Å². The molecule has 2 heterocycles. The van der Waals surface area contributed by atoms with Gasteiger partial charge in [0.1, 0.15) is 0 Å². The quantitative estimate of drug-likeness (QED) is 0.526. The molecule has 7 heteroatoms. The number of thioether (sulfide) groups is 1. The summed E-state index contributed by atoms with van der Waals surface area (Å²) in [7, 11) is 0. The molecule has 0 bridgehead atoms. The summed E-state index contributed by atoms with van der Waals surface area (Å²) in [6.07, 6.45) is 0.